The summed E-state index contributed by atoms with van der Waals surface area (Å²) in [7, 11) is 0. The summed E-state index contributed by atoms with van der Waals surface area (Å²) in [6.45, 7) is 2.41. The van der Waals surface area contributed by atoms with E-state index in [-0.39, 0.29) is 18.8 Å². The molecule has 30 heavy (non-hydrogen) atoms. The van der Waals surface area contributed by atoms with E-state index in [2.05, 4.69) is 54.0 Å². The van der Waals surface area contributed by atoms with Crippen LogP contribution in [-0.4, -0.2) is 18.3 Å². The summed E-state index contributed by atoms with van der Waals surface area (Å²) < 4.78 is 5.42. The van der Waals surface area contributed by atoms with Gasteiger partial charge in [0, 0.05) is 12.5 Å². The molecule has 0 spiro atoms. The molecule has 3 aromatic rings. The fourth-order valence-corrected chi connectivity index (χ4v) is 3.36. The monoisotopic (exact) mass is 402 g/mol. The molecular weight excluding hydrogens is 372 g/mol. The molecule has 0 saturated heterocycles. The van der Waals surface area contributed by atoms with Gasteiger partial charge < -0.3 is 10.1 Å². The third kappa shape index (κ3) is 7.72. The zero-order valence-electron chi connectivity index (χ0n) is 17.5. The van der Waals surface area contributed by atoms with Gasteiger partial charge >= 0.3 is 6.09 Å². The largest absolute Gasteiger partial charge is 0.445 e. The number of nitrogens with one attached hydrogen (secondary N) is 2. The second-order valence-electron chi connectivity index (χ2n) is 7.54. The van der Waals surface area contributed by atoms with Gasteiger partial charge in [-0.3, -0.25) is 5.32 Å². The average molecular weight is 403 g/mol. The van der Waals surface area contributed by atoms with E-state index in [1.54, 1.807) is 0 Å². The number of benzene rings is 3. The van der Waals surface area contributed by atoms with Crippen molar-refractivity contribution < 1.29 is 9.53 Å². The van der Waals surface area contributed by atoms with E-state index < -0.39 is 6.09 Å². The molecule has 0 heterocycles. The lowest BCUT2D eigenvalue weighted by molar-refractivity contribution is 0.132. The minimum atomic E-state index is -0.414. The fraction of sp³-hybridized carbons (Fsp3) is 0.269. The van der Waals surface area contributed by atoms with Gasteiger partial charge in [0.1, 0.15) is 6.61 Å². The summed E-state index contributed by atoms with van der Waals surface area (Å²) in [6.07, 6.45) is 2.04. The molecule has 0 radical (unpaired) electrons. The standard InChI is InChI=1S/C26H30N2O2/c1-21(17-18-22-11-5-2-6-12-22)27-25(19-23-13-7-3-8-14-23)28-26(29)30-20-24-15-9-4-10-16-24/h2-16,21,25,27H,17-20H2,1H3,(H,28,29)/t21-,25+/m0/s1. The molecule has 0 aromatic heterocycles. The number of ether oxygens (including phenoxy) is 1. The number of alkyl carbamates (subject to hydrolysis) is 1. The van der Waals surface area contributed by atoms with Gasteiger partial charge in [-0.05, 0) is 36.5 Å². The molecule has 4 nitrogen and oxygen atoms in total. The Morgan fingerprint density at radius 1 is 0.800 bits per heavy atom. The zero-order chi connectivity index (χ0) is 21.0. The van der Waals surface area contributed by atoms with Gasteiger partial charge in [-0.2, -0.15) is 0 Å². The molecule has 156 valence electrons. The van der Waals surface area contributed by atoms with E-state index in [0.29, 0.717) is 6.42 Å². The maximum Gasteiger partial charge on any atom is 0.408 e. The van der Waals surface area contributed by atoms with Crippen molar-refractivity contribution in [1.82, 2.24) is 10.6 Å². The van der Waals surface area contributed by atoms with Crippen LogP contribution in [0, 0.1) is 0 Å². The van der Waals surface area contributed by atoms with Crippen LogP contribution in [0.15, 0.2) is 91.0 Å². The highest BCUT2D eigenvalue weighted by molar-refractivity contribution is 5.67. The highest BCUT2D eigenvalue weighted by Crippen LogP contribution is 2.08. The Bertz CT molecular complexity index is 869. The molecule has 3 rings (SSSR count). The van der Waals surface area contributed by atoms with Crippen LogP contribution in [0.2, 0.25) is 0 Å². The van der Waals surface area contributed by atoms with Gasteiger partial charge in [-0.1, -0.05) is 91.0 Å². The van der Waals surface area contributed by atoms with Crippen molar-refractivity contribution in [3.63, 3.8) is 0 Å². The number of rotatable bonds is 10. The van der Waals surface area contributed by atoms with Crippen LogP contribution >= 0.6 is 0 Å². The second kappa shape index (κ2) is 11.8. The van der Waals surface area contributed by atoms with Gasteiger partial charge in [-0.15, -0.1) is 0 Å². The Labute approximate surface area is 179 Å². The van der Waals surface area contributed by atoms with Crippen LogP contribution in [0.3, 0.4) is 0 Å². The number of amides is 1. The second-order valence-corrected chi connectivity index (χ2v) is 7.54. The zero-order valence-corrected chi connectivity index (χ0v) is 17.5. The summed E-state index contributed by atoms with van der Waals surface area (Å²) >= 11 is 0. The average Bonchev–Trinajstić information content (AvgIpc) is 2.78. The highest BCUT2D eigenvalue weighted by atomic mass is 16.5. The van der Waals surface area contributed by atoms with E-state index in [0.717, 1.165) is 24.0 Å². The van der Waals surface area contributed by atoms with Crippen molar-refractivity contribution in [1.29, 1.82) is 0 Å². The van der Waals surface area contributed by atoms with E-state index >= 15 is 0 Å². The molecule has 0 unspecified atom stereocenters. The van der Waals surface area contributed by atoms with Crippen LogP contribution < -0.4 is 10.6 Å². The number of carbonyl (C=O) groups excluding carboxylic acids is 1. The Morgan fingerprint density at radius 3 is 1.93 bits per heavy atom. The lowest BCUT2D eigenvalue weighted by Crippen LogP contribution is -2.50. The smallest absolute Gasteiger partial charge is 0.408 e. The van der Waals surface area contributed by atoms with E-state index in [1.165, 1.54) is 5.56 Å². The molecule has 0 fully saturated rings. The van der Waals surface area contributed by atoms with Crippen molar-refractivity contribution in [2.45, 2.75) is 45.0 Å². The predicted octanol–water partition coefficient (Wildman–Crippen LogP) is 5.09. The van der Waals surface area contributed by atoms with Crippen LogP contribution in [-0.2, 0) is 24.2 Å². The van der Waals surface area contributed by atoms with Crippen LogP contribution in [0.5, 0.6) is 0 Å². The maximum absolute atomic E-state index is 12.4. The first-order valence-corrected chi connectivity index (χ1v) is 10.5. The Morgan fingerprint density at radius 2 is 1.33 bits per heavy atom. The molecule has 0 aliphatic rings. The van der Waals surface area contributed by atoms with Crippen LogP contribution in [0.1, 0.15) is 30.0 Å². The molecule has 2 atom stereocenters. The van der Waals surface area contributed by atoms with E-state index in [4.69, 9.17) is 4.74 Å². The number of carbonyl (C=O) groups is 1. The first-order chi connectivity index (χ1) is 14.7. The molecule has 0 aliphatic carbocycles. The summed E-state index contributed by atoms with van der Waals surface area (Å²) in [4.78, 5) is 12.4. The normalized spacial score (nSPS) is 12.7. The van der Waals surface area contributed by atoms with Gasteiger partial charge in [-0.25, -0.2) is 4.79 Å². The summed E-state index contributed by atoms with van der Waals surface area (Å²) in [5.41, 5.74) is 3.45. The maximum atomic E-state index is 12.4. The highest BCUT2D eigenvalue weighted by Gasteiger charge is 2.16. The Kier molecular flexibility index (Phi) is 8.48. The first kappa shape index (κ1) is 21.6. The van der Waals surface area contributed by atoms with E-state index in [1.807, 2.05) is 54.6 Å². The van der Waals surface area contributed by atoms with Crippen molar-refractivity contribution >= 4 is 6.09 Å². The lowest BCUT2D eigenvalue weighted by atomic mass is 10.1. The van der Waals surface area contributed by atoms with Gasteiger partial charge in [0.15, 0.2) is 0 Å². The fourth-order valence-electron chi connectivity index (χ4n) is 3.36. The summed E-state index contributed by atoms with van der Waals surface area (Å²) in [6, 6.07) is 30.6. The third-order valence-electron chi connectivity index (χ3n) is 4.98. The van der Waals surface area contributed by atoms with Crippen molar-refractivity contribution in [3.05, 3.63) is 108 Å². The minimum absolute atomic E-state index is 0.207. The molecule has 2 N–H and O–H groups in total. The summed E-state index contributed by atoms with van der Waals surface area (Å²) in [5.74, 6) is 0. The predicted molar refractivity (Wildman–Crippen MR) is 121 cm³/mol. The number of hydrogen-bond acceptors (Lipinski definition) is 3. The first-order valence-electron chi connectivity index (χ1n) is 10.5. The molecule has 1 amide bonds. The lowest BCUT2D eigenvalue weighted by Gasteiger charge is -2.24. The molecule has 0 saturated carbocycles. The Hall–Kier alpha value is -3.11. The summed E-state index contributed by atoms with van der Waals surface area (Å²) in [5, 5.41) is 6.55. The third-order valence-corrected chi connectivity index (χ3v) is 4.98. The molecule has 3 aromatic carbocycles. The van der Waals surface area contributed by atoms with E-state index in [9.17, 15) is 4.79 Å². The van der Waals surface area contributed by atoms with Crippen LogP contribution in [0.25, 0.3) is 0 Å². The minimum Gasteiger partial charge on any atom is -0.445 e. The Balaban J connectivity index is 1.54. The molecular formula is C26H30N2O2. The number of aryl methyl sites for hydroxylation is 1. The van der Waals surface area contributed by atoms with Crippen LogP contribution in [0.4, 0.5) is 4.79 Å². The molecule has 4 heteroatoms. The van der Waals surface area contributed by atoms with Gasteiger partial charge in [0.05, 0.1) is 6.17 Å². The molecule has 0 bridgehead atoms. The van der Waals surface area contributed by atoms with Gasteiger partial charge in [0.25, 0.3) is 0 Å². The quantitative estimate of drug-likeness (QED) is 0.464. The van der Waals surface area contributed by atoms with Crippen molar-refractivity contribution in [2.24, 2.45) is 0 Å². The SMILES string of the molecule is C[C@@H](CCc1ccccc1)N[C@@H](Cc1ccccc1)NC(=O)OCc1ccccc1. The topological polar surface area (TPSA) is 50.4 Å². The van der Waals surface area contributed by atoms with Crippen molar-refractivity contribution in [3.8, 4) is 0 Å². The van der Waals surface area contributed by atoms with Crippen molar-refractivity contribution in [2.75, 3.05) is 0 Å². The number of hydrogen-bond donors (Lipinski definition) is 2. The van der Waals surface area contributed by atoms with Gasteiger partial charge in [0.2, 0.25) is 0 Å². The molecule has 0 aliphatic heterocycles.